The minimum Gasteiger partial charge on any atom is -0.454 e. The molecule has 0 bridgehead atoms. The summed E-state index contributed by atoms with van der Waals surface area (Å²) in [4.78, 5) is 29.4. The van der Waals surface area contributed by atoms with E-state index in [-0.39, 0.29) is 37.8 Å². The van der Waals surface area contributed by atoms with E-state index in [0.29, 0.717) is 33.7 Å². The summed E-state index contributed by atoms with van der Waals surface area (Å²) in [5.41, 5.74) is 0.806. The molecule has 3 aliphatic rings. The van der Waals surface area contributed by atoms with Crippen molar-refractivity contribution in [2.24, 2.45) is 0 Å². The van der Waals surface area contributed by atoms with Gasteiger partial charge in [0.15, 0.2) is 11.5 Å². The standard InChI is InChI=1S/C20H22N2O5S2/c23-8-6-14-3-1-2-7-21(14)18(24)11-22-19(25)17(29-20(22)28)10-13-4-5-15-16(9-13)27-12-26-15/h4-5,9-10,14,23H,1-3,6-8,11-12H2/b17-10-/t14-/m0/s1. The number of aliphatic hydroxyl groups is 1. The van der Waals surface area contributed by atoms with Crippen LogP contribution in [0.3, 0.4) is 0 Å². The van der Waals surface area contributed by atoms with E-state index in [0.717, 1.165) is 24.8 Å². The minimum absolute atomic E-state index is 0.0313. The minimum atomic E-state index is -0.262. The van der Waals surface area contributed by atoms with Gasteiger partial charge in [-0.05, 0) is 49.5 Å². The summed E-state index contributed by atoms with van der Waals surface area (Å²) in [6.45, 7) is 0.834. The number of benzene rings is 1. The van der Waals surface area contributed by atoms with E-state index in [4.69, 9.17) is 21.7 Å². The van der Waals surface area contributed by atoms with E-state index in [1.54, 1.807) is 17.0 Å². The number of thioether (sulfide) groups is 1. The van der Waals surface area contributed by atoms with Crippen LogP contribution in [-0.4, -0.2) is 63.6 Å². The molecule has 0 aliphatic carbocycles. The smallest absolute Gasteiger partial charge is 0.266 e. The number of amides is 2. The van der Waals surface area contributed by atoms with E-state index in [2.05, 4.69) is 0 Å². The van der Waals surface area contributed by atoms with Crippen LogP contribution in [0.15, 0.2) is 23.1 Å². The van der Waals surface area contributed by atoms with Crippen molar-refractivity contribution in [3.8, 4) is 11.5 Å². The number of rotatable bonds is 5. The molecule has 1 aromatic carbocycles. The second-order valence-corrected chi connectivity index (χ2v) is 8.81. The Morgan fingerprint density at radius 2 is 2.14 bits per heavy atom. The number of hydrogen-bond donors (Lipinski definition) is 1. The third-order valence-electron chi connectivity index (χ3n) is 5.27. The van der Waals surface area contributed by atoms with Crippen molar-refractivity contribution in [1.82, 2.24) is 9.80 Å². The molecular weight excluding hydrogens is 412 g/mol. The number of aliphatic hydroxyl groups excluding tert-OH is 1. The molecule has 0 radical (unpaired) electrons. The first kappa shape index (κ1) is 20.2. The molecule has 1 atom stereocenters. The number of nitrogens with zero attached hydrogens (tertiary/aromatic N) is 2. The normalized spacial score (nSPS) is 22.7. The fraction of sp³-hybridized carbons (Fsp3) is 0.450. The first-order valence-electron chi connectivity index (χ1n) is 9.62. The predicted octanol–water partition coefficient (Wildman–Crippen LogP) is 2.38. The zero-order valence-corrected chi connectivity index (χ0v) is 17.5. The van der Waals surface area contributed by atoms with Crippen LogP contribution in [0, 0.1) is 0 Å². The maximum atomic E-state index is 12.9. The van der Waals surface area contributed by atoms with E-state index in [9.17, 15) is 14.7 Å². The lowest BCUT2D eigenvalue weighted by Crippen LogP contribution is -2.49. The quantitative estimate of drug-likeness (QED) is 0.563. The SMILES string of the molecule is O=C1/C(=C/c2ccc3c(c2)OCO3)SC(=S)N1CC(=O)N1CCCC[C@H]1CCO. The average molecular weight is 435 g/mol. The van der Waals surface area contributed by atoms with Gasteiger partial charge in [-0.25, -0.2) is 0 Å². The molecule has 7 nitrogen and oxygen atoms in total. The Labute approximate surface area is 178 Å². The van der Waals surface area contributed by atoms with Crippen LogP contribution in [0.4, 0.5) is 0 Å². The van der Waals surface area contributed by atoms with Gasteiger partial charge in [0.05, 0.1) is 4.91 Å². The Morgan fingerprint density at radius 3 is 2.97 bits per heavy atom. The van der Waals surface area contributed by atoms with Crippen molar-refractivity contribution in [3.63, 3.8) is 0 Å². The highest BCUT2D eigenvalue weighted by molar-refractivity contribution is 8.26. The number of carbonyl (C=O) groups is 2. The molecule has 3 heterocycles. The molecular formula is C20H22N2O5S2. The molecule has 2 saturated heterocycles. The molecule has 9 heteroatoms. The summed E-state index contributed by atoms with van der Waals surface area (Å²) in [6, 6.07) is 5.49. The Balaban J connectivity index is 1.46. The molecule has 1 aromatic rings. The average Bonchev–Trinajstić information content (AvgIpc) is 3.28. The second-order valence-electron chi connectivity index (χ2n) is 7.13. The Hall–Kier alpha value is -2.10. The van der Waals surface area contributed by atoms with Gasteiger partial charge in [-0.2, -0.15) is 0 Å². The van der Waals surface area contributed by atoms with Crippen LogP contribution in [-0.2, 0) is 9.59 Å². The summed E-state index contributed by atoms with van der Waals surface area (Å²) in [6.07, 6.45) is 5.19. The molecule has 1 N–H and O–H groups in total. The highest BCUT2D eigenvalue weighted by Crippen LogP contribution is 2.36. The van der Waals surface area contributed by atoms with Crippen molar-refractivity contribution >= 4 is 46.2 Å². The highest BCUT2D eigenvalue weighted by Gasteiger charge is 2.36. The topological polar surface area (TPSA) is 79.3 Å². The lowest BCUT2D eigenvalue weighted by Gasteiger charge is -2.36. The molecule has 0 unspecified atom stereocenters. The Kier molecular flexibility index (Phi) is 6.07. The number of piperidine rings is 1. The molecule has 2 fully saturated rings. The third kappa shape index (κ3) is 4.26. The zero-order valence-electron chi connectivity index (χ0n) is 15.8. The van der Waals surface area contributed by atoms with Gasteiger partial charge in [0.1, 0.15) is 10.9 Å². The van der Waals surface area contributed by atoms with Crippen molar-refractivity contribution in [2.45, 2.75) is 31.7 Å². The van der Waals surface area contributed by atoms with Gasteiger partial charge in [0.2, 0.25) is 12.7 Å². The monoisotopic (exact) mass is 434 g/mol. The maximum Gasteiger partial charge on any atom is 0.266 e. The van der Waals surface area contributed by atoms with Crippen LogP contribution in [0.1, 0.15) is 31.2 Å². The van der Waals surface area contributed by atoms with Crippen molar-refractivity contribution in [3.05, 3.63) is 28.7 Å². The van der Waals surface area contributed by atoms with E-state index in [1.807, 2.05) is 12.1 Å². The van der Waals surface area contributed by atoms with Crippen LogP contribution >= 0.6 is 24.0 Å². The van der Waals surface area contributed by atoms with Crippen molar-refractivity contribution in [2.75, 3.05) is 26.5 Å². The summed E-state index contributed by atoms with van der Waals surface area (Å²) in [5.74, 6) is 0.939. The van der Waals surface area contributed by atoms with Gasteiger partial charge in [0.25, 0.3) is 5.91 Å². The second kappa shape index (κ2) is 8.73. The molecule has 2 amide bonds. The summed E-state index contributed by atoms with van der Waals surface area (Å²) >= 11 is 6.56. The maximum absolute atomic E-state index is 12.9. The van der Waals surface area contributed by atoms with E-state index >= 15 is 0 Å². The van der Waals surface area contributed by atoms with Gasteiger partial charge < -0.3 is 19.5 Å². The lowest BCUT2D eigenvalue weighted by molar-refractivity contribution is -0.138. The fourth-order valence-electron chi connectivity index (χ4n) is 3.79. The number of likely N-dealkylation sites (tertiary alicyclic amines) is 1. The molecule has 0 spiro atoms. The van der Waals surface area contributed by atoms with Crippen LogP contribution in [0.5, 0.6) is 11.5 Å². The van der Waals surface area contributed by atoms with Crippen molar-refractivity contribution in [1.29, 1.82) is 0 Å². The molecule has 4 rings (SSSR count). The summed E-state index contributed by atoms with van der Waals surface area (Å²) in [5, 5.41) is 9.27. The molecule has 0 aromatic heterocycles. The number of ether oxygens (including phenoxy) is 2. The summed E-state index contributed by atoms with van der Waals surface area (Å²) < 4.78 is 11.1. The van der Waals surface area contributed by atoms with Crippen molar-refractivity contribution < 1.29 is 24.2 Å². The predicted molar refractivity (Wildman–Crippen MR) is 113 cm³/mol. The first-order valence-corrected chi connectivity index (χ1v) is 10.8. The van der Waals surface area contributed by atoms with Gasteiger partial charge in [-0.1, -0.05) is 30.0 Å². The number of hydrogen-bond acceptors (Lipinski definition) is 7. The Bertz CT molecular complexity index is 870. The third-order valence-corrected chi connectivity index (χ3v) is 6.65. The first-order chi connectivity index (χ1) is 14.1. The van der Waals surface area contributed by atoms with Crippen LogP contribution < -0.4 is 9.47 Å². The molecule has 0 saturated carbocycles. The Morgan fingerprint density at radius 1 is 1.31 bits per heavy atom. The lowest BCUT2D eigenvalue weighted by atomic mass is 9.99. The van der Waals surface area contributed by atoms with E-state index in [1.165, 1.54) is 16.7 Å². The summed E-state index contributed by atoms with van der Waals surface area (Å²) in [7, 11) is 0. The number of carbonyl (C=O) groups excluding carboxylic acids is 2. The van der Waals surface area contributed by atoms with E-state index < -0.39 is 0 Å². The van der Waals surface area contributed by atoms with Gasteiger partial charge in [-0.3, -0.25) is 14.5 Å². The molecule has 154 valence electrons. The fourth-order valence-corrected chi connectivity index (χ4v) is 5.05. The molecule has 29 heavy (non-hydrogen) atoms. The van der Waals surface area contributed by atoms with Gasteiger partial charge >= 0.3 is 0 Å². The highest BCUT2D eigenvalue weighted by atomic mass is 32.2. The van der Waals surface area contributed by atoms with Gasteiger partial charge in [-0.15, -0.1) is 0 Å². The number of thiocarbonyl (C=S) groups is 1. The largest absolute Gasteiger partial charge is 0.454 e. The number of fused-ring (bicyclic) bond motifs is 1. The molecule has 3 aliphatic heterocycles. The zero-order chi connectivity index (χ0) is 20.4. The van der Waals surface area contributed by atoms with Crippen LogP contribution in [0.25, 0.3) is 6.08 Å². The van der Waals surface area contributed by atoms with Gasteiger partial charge in [0, 0.05) is 19.2 Å². The van der Waals surface area contributed by atoms with Crippen LogP contribution in [0.2, 0.25) is 0 Å².